The lowest BCUT2D eigenvalue weighted by atomic mass is 9.98. The Kier molecular flexibility index (Phi) is 14.0. The number of hydroxylamine groups is 4. The number of hydrogen-bond donors (Lipinski definition) is 4. The first-order chi connectivity index (χ1) is 24.7. The van der Waals surface area contributed by atoms with Crippen molar-refractivity contribution >= 4 is 38.1 Å². The first-order valence-electron chi connectivity index (χ1n) is 15.2. The fraction of sp³-hybridized carbons (Fsp3) is 0.344. The van der Waals surface area contributed by atoms with E-state index in [0.717, 1.165) is 24.3 Å². The fourth-order valence-electron chi connectivity index (χ4n) is 4.99. The molecule has 290 valence electrons. The summed E-state index contributed by atoms with van der Waals surface area (Å²) >= 11 is 0. The molecule has 0 spiro atoms. The average Bonchev–Trinajstić information content (AvgIpc) is 3.08. The number of carboxylic acid groups (broad SMARTS) is 2. The first kappa shape index (κ1) is 42.2. The number of likely N-dealkylation sites (N-methyl/N-ethyl adjacent to an activating group) is 2. The van der Waals surface area contributed by atoms with E-state index >= 15 is 0 Å². The number of carboxylic acids is 2. The monoisotopic (exact) mass is 786 g/mol. The van der Waals surface area contributed by atoms with Crippen LogP contribution in [0.5, 0.6) is 28.7 Å². The van der Waals surface area contributed by atoms with Gasteiger partial charge in [-0.05, 0) is 60.9 Å². The molecule has 0 aliphatic heterocycles. The number of carbonyl (C=O) groups is 3. The van der Waals surface area contributed by atoms with Crippen LogP contribution in [-0.2, 0) is 25.0 Å². The molecule has 0 radical (unpaired) electrons. The highest BCUT2D eigenvalue weighted by molar-refractivity contribution is 7.86. The van der Waals surface area contributed by atoms with Gasteiger partial charge in [-0.3, -0.25) is 9.11 Å². The molecule has 0 aliphatic rings. The summed E-state index contributed by atoms with van der Waals surface area (Å²) < 4.78 is 86.6. The number of methoxy groups -OCH3 is 3. The van der Waals surface area contributed by atoms with E-state index in [1.165, 1.54) is 57.7 Å². The van der Waals surface area contributed by atoms with Crippen molar-refractivity contribution in [2.45, 2.75) is 29.2 Å². The summed E-state index contributed by atoms with van der Waals surface area (Å²) in [5, 5.41) is 21.8. The van der Waals surface area contributed by atoms with Crippen molar-refractivity contribution in [3.8, 4) is 28.7 Å². The van der Waals surface area contributed by atoms with Crippen LogP contribution in [0.1, 0.15) is 44.4 Å². The lowest BCUT2D eigenvalue weighted by Crippen LogP contribution is -2.47. The zero-order chi connectivity index (χ0) is 39.8. The molecule has 3 rings (SSSR count). The van der Waals surface area contributed by atoms with Gasteiger partial charge in [-0.15, -0.1) is 10.1 Å². The summed E-state index contributed by atoms with van der Waals surface area (Å²) in [5.74, 6) is -4.24. The molecular formula is C32H38N2O17S2. The summed E-state index contributed by atoms with van der Waals surface area (Å²) in [4.78, 5) is 47.1. The van der Waals surface area contributed by atoms with Gasteiger partial charge in [0.15, 0.2) is 23.0 Å². The second-order valence-electron chi connectivity index (χ2n) is 11.3. The normalized spacial score (nSPS) is 12.9. The molecule has 0 amide bonds. The van der Waals surface area contributed by atoms with E-state index in [1.54, 1.807) is 6.92 Å². The molecule has 3 aromatic carbocycles. The Labute approximate surface area is 304 Å². The number of benzene rings is 3. The van der Waals surface area contributed by atoms with Crippen LogP contribution in [0.15, 0.2) is 58.3 Å². The largest absolute Gasteiger partial charge is 0.493 e. The van der Waals surface area contributed by atoms with E-state index in [2.05, 4.69) is 0 Å². The summed E-state index contributed by atoms with van der Waals surface area (Å²) in [6, 6.07) is 7.38. The van der Waals surface area contributed by atoms with E-state index in [1.807, 2.05) is 0 Å². The maximum Gasteiger partial charge on any atom is 0.339 e. The Morgan fingerprint density at radius 3 is 1.60 bits per heavy atom. The van der Waals surface area contributed by atoms with Gasteiger partial charge in [0.2, 0.25) is 5.75 Å². The second-order valence-corrected chi connectivity index (χ2v) is 14.1. The van der Waals surface area contributed by atoms with Crippen LogP contribution in [0.4, 0.5) is 0 Å². The Bertz CT molecular complexity index is 2030. The third kappa shape index (κ3) is 10.9. The quantitative estimate of drug-likeness (QED) is 0.0773. The minimum Gasteiger partial charge on any atom is -0.493 e. The van der Waals surface area contributed by atoms with Gasteiger partial charge < -0.3 is 38.8 Å². The van der Waals surface area contributed by atoms with Gasteiger partial charge in [0.05, 0.1) is 55.9 Å². The van der Waals surface area contributed by atoms with Crippen molar-refractivity contribution in [2.75, 3.05) is 48.6 Å². The minimum absolute atomic E-state index is 0.0982. The van der Waals surface area contributed by atoms with Crippen LogP contribution in [0.2, 0.25) is 0 Å². The third-order valence-corrected chi connectivity index (χ3v) is 9.43. The molecule has 0 aliphatic carbocycles. The van der Waals surface area contributed by atoms with Gasteiger partial charge in [-0.25, -0.2) is 14.4 Å². The highest BCUT2D eigenvalue weighted by atomic mass is 32.2. The number of ether oxygens (including phenoxy) is 4. The Hall–Kier alpha value is -5.19. The van der Waals surface area contributed by atoms with Gasteiger partial charge in [0.1, 0.15) is 11.1 Å². The molecule has 0 fully saturated rings. The van der Waals surface area contributed by atoms with E-state index in [9.17, 15) is 50.5 Å². The summed E-state index contributed by atoms with van der Waals surface area (Å²) in [7, 11) is -2.50. The van der Waals surface area contributed by atoms with Crippen LogP contribution in [0.3, 0.4) is 0 Å². The highest BCUT2D eigenvalue weighted by Gasteiger charge is 2.29. The van der Waals surface area contributed by atoms with E-state index in [0.29, 0.717) is 12.1 Å². The molecular weight excluding hydrogens is 748 g/mol. The smallest absolute Gasteiger partial charge is 0.339 e. The molecule has 2 atom stereocenters. The minimum atomic E-state index is -4.76. The summed E-state index contributed by atoms with van der Waals surface area (Å²) in [6.07, 6.45) is 0.166. The predicted octanol–water partition coefficient (Wildman–Crippen LogP) is 3.01. The Morgan fingerprint density at radius 1 is 0.717 bits per heavy atom. The summed E-state index contributed by atoms with van der Waals surface area (Å²) in [6.45, 7) is 1.47. The molecule has 3 aromatic rings. The molecule has 53 heavy (non-hydrogen) atoms. The van der Waals surface area contributed by atoms with Crippen LogP contribution in [0, 0.1) is 5.92 Å². The van der Waals surface area contributed by atoms with Crippen LogP contribution in [0.25, 0.3) is 0 Å². The van der Waals surface area contributed by atoms with Crippen LogP contribution in [-0.4, -0.2) is 119 Å². The van der Waals surface area contributed by atoms with Crippen molar-refractivity contribution in [1.29, 1.82) is 0 Å². The topological polar surface area (TPSA) is 262 Å². The first-order valence-corrected chi connectivity index (χ1v) is 18.1. The van der Waals surface area contributed by atoms with Gasteiger partial charge in [0, 0.05) is 14.1 Å². The molecule has 0 heterocycles. The number of aromatic carboxylic acids is 2. The third-order valence-electron chi connectivity index (χ3n) is 7.73. The van der Waals surface area contributed by atoms with E-state index in [4.69, 9.17) is 28.6 Å². The van der Waals surface area contributed by atoms with Gasteiger partial charge in [-0.2, -0.15) is 16.8 Å². The molecule has 0 aromatic heterocycles. The molecule has 21 heteroatoms. The number of hydrogen-bond acceptors (Lipinski definition) is 15. The lowest BCUT2D eigenvalue weighted by Gasteiger charge is -2.34. The molecule has 0 bridgehead atoms. The Balaban J connectivity index is 1.90. The van der Waals surface area contributed by atoms with Crippen molar-refractivity contribution in [2.24, 2.45) is 5.92 Å². The van der Waals surface area contributed by atoms with Crippen molar-refractivity contribution in [1.82, 2.24) is 10.1 Å². The maximum absolute atomic E-state index is 13.0. The van der Waals surface area contributed by atoms with Crippen molar-refractivity contribution < 1.29 is 79.2 Å². The SMILES string of the molecule is COc1cc(C(=O)OCCC(C)C(CN(C)Oc2ccc(S(=O)(=O)O)cc2C(=O)O)N(C)Oc2ccc(S(=O)(=O)O)cc2C(=O)O)cc(OC)c1OC. The van der Waals surface area contributed by atoms with Crippen molar-refractivity contribution in [3.63, 3.8) is 0 Å². The lowest BCUT2D eigenvalue weighted by molar-refractivity contribution is -0.129. The molecule has 2 unspecified atom stereocenters. The number of nitrogens with zero attached hydrogens (tertiary/aromatic N) is 2. The van der Waals surface area contributed by atoms with Crippen molar-refractivity contribution in [3.05, 3.63) is 65.2 Å². The average molecular weight is 787 g/mol. The predicted molar refractivity (Wildman–Crippen MR) is 182 cm³/mol. The second kappa shape index (κ2) is 17.6. The fourth-order valence-corrected chi connectivity index (χ4v) is 6.00. The zero-order valence-corrected chi connectivity index (χ0v) is 30.8. The summed E-state index contributed by atoms with van der Waals surface area (Å²) in [5.41, 5.74) is -1.10. The van der Waals surface area contributed by atoms with E-state index in [-0.39, 0.29) is 53.9 Å². The molecule has 0 saturated carbocycles. The highest BCUT2D eigenvalue weighted by Crippen LogP contribution is 2.38. The van der Waals surface area contributed by atoms with Gasteiger partial charge >= 0.3 is 17.9 Å². The molecule has 19 nitrogen and oxygen atoms in total. The standard InChI is InChI=1S/C32H38N2O17S2/c1-18(11-12-49-32(39)19-13-27(46-4)29(48-6)28(14-19)47-5)24(34(3)51-26-10-8-21(53(43,44)45)16-23(26)31(37)38)17-33(2)50-25-9-7-20(52(40,41)42)15-22(25)30(35)36/h7-10,13-16,18,24H,11-12,17H2,1-6H3,(H,35,36)(H,37,38)(H,40,41,42)(H,43,44,45). The number of rotatable bonds is 19. The van der Waals surface area contributed by atoms with Gasteiger partial charge in [0.25, 0.3) is 20.2 Å². The van der Waals surface area contributed by atoms with Crippen LogP contribution < -0.4 is 23.9 Å². The Morgan fingerprint density at radius 2 is 1.19 bits per heavy atom. The molecule has 0 saturated heterocycles. The van der Waals surface area contributed by atoms with Crippen LogP contribution >= 0.6 is 0 Å². The van der Waals surface area contributed by atoms with Gasteiger partial charge in [-0.1, -0.05) is 6.92 Å². The molecule has 4 N–H and O–H groups in total. The van der Waals surface area contributed by atoms with E-state index < -0.39 is 71.0 Å². The zero-order valence-electron chi connectivity index (χ0n) is 29.2. The maximum atomic E-state index is 13.0. The number of esters is 1. The number of carbonyl (C=O) groups excluding carboxylic acids is 1.